The number of aryl methyl sites for hydroxylation is 2. The largest absolute Gasteiger partial charge is 0.402 e. The first-order valence-electron chi connectivity index (χ1n) is 10.9. The Morgan fingerprint density at radius 1 is 0.897 bits per heavy atom. The third kappa shape index (κ3) is 4.83. The van der Waals surface area contributed by atoms with E-state index in [1.807, 2.05) is 0 Å². The molecule has 0 saturated carbocycles. The molecule has 2 rings (SSSR count). The van der Waals surface area contributed by atoms with Gasteiger partial charge in [0.1, 0.15) is 0 Å². The number of nitrogens with two attached hydrogens (primary N) is 1. The summed E-state index contributed by atoms with van der Waals surface area (Å²) in [6, 6.07) is 11.2. The fraction of sp³-hybridized carbons (Fsp3) is 0.429. The van der Waals surface area contributed by atoms with Crippen molar-refractivity contribution >= 4 is 0 Å². The third-order valence-corrected chi connectivity index (χ3v) is 6.45. The summed E-state index contributed by atoms with van der Waals surface area (Å²) >= 11 is 0. The first-order valence-corrected chi connectivity index (χ1v) is 10.9. The topological polar surface area (TPSA) is 26.0 Å². The molecule has 2 aromatic carbocycles. The SMILES string of the molecule is CC/C(N)=C(C)\C(=C/C(C)C)C(c1ccccc1C)c1cc(C)c(C)c(C)c1C. The first-order chi connectivity index (χ1) is 13.6. The lowest BCUT2D eigenvalue weighted by Gasteiger charge is -2.29. The normalized spacial score (nSPS) is 14.2. The molecule has 0 aromatic heterocycles. The Morgan fingerprint density at radius 3 is 2.07 bits per heavy atom. The van der Waals surface area contributed by atoms with Gasteiger partial charge in [-0.15, -0.1) is 0 Å². The van der Waals surface area contributed by atoms with Gasteiger partial charge >= 0.3 is 0 Å². The molecule has 0 aliphatic rings. The van der Waals surface area contributed by atoms with Crippen LogP contribution in [-0.2, 0) is 0 Å². The number of hydrogen-bond donors (Lipinski definition) is 1. The minimum absolute atomic E-state index is 0.182. The maximum absolute atomic E-state index is 6.49. The molecule has 156 valence electrons. The predicted molar refractivity (Wildman–Crippen MR) is 129 cm³/mol. The molecule has 1 heteroatoms. The van der Waals surface area contributed by atoms with E-state index >= 15 is 0 Å². The number of hydrogen-bond acceptors (Lipinski definition) is 1. The monoisotopic (exact) mass is 389 g/mol. The van der Waals surface area contributed by atoms with Gasteiger partial charge in [-0.1, -0.05) is 57.2 Å². The maximum atomic E-state index is 6.49. The molecule has 0 amide bonds. The van der Waals surface area contributed by atoms with E-state index in [1.165, 1.54) is 50.1 Å². The summed E-state index contributed by atoms with van der Waals surface area (Å²) in [6.45, 7) is 20.1. The number of rotatable bonds is 6. The van der Waals surface area contributed by atoms with Crippen LogP contribution in [0.4, 0.5) is 0 Å². The standard InChI is InChI=1S/C28H39N/c1-10-27(29)23(9)25(15-17(2)3)28(24-14-12-11-13-18(24)4)26-16-19(5)20(6)21(7)22(26)8/h11-17,28H,10,29H2,1-9H3/b25-15+,27-23+. The summed E-state index contributed by atoms with van der Waals surface area (Å²) in [5.41, 5.74) is 19.7. The molecule has 0 bridgehead atoms. The molecule has 1 atom stereocenters. The van der Waals surface area contributed by atoms with E-state index in [0.717, 1.165) is 12.1 Å². The van der Waals surface area contributed by atoms with Crippen molar-refractivity contribution in [3.63, 3.8) is 0 Å². The van der Waals surface area contributed by atoms with Gasteiger partial charge in [0.2, 0.25) is 0 Å². The molecule has 1 unspecified atom stereocenters. The van der Waals surface area contributed by atoms with Crippen LogP contribution in [-0.4, -0.2) is 0 Å². The van der Waals surface area contributed by atoms with Crippen LogP contribution in [0.2, 0.25) is 0 Å². The lowest BCUT2D eigenvalue weighted by Crippen LogP contribution is -2.14. The Labute approximate surface area is 178 Å². The van der Waals surface area contributed by atoms with Crippen LogP contribution in [0, 0.1) is 40.5 Å². The van der Waals surface area contributed by atoms with Crippen molar-refractivity contribution in [3.05, 3.63) is 92.2 Å². The van der Waals surface area contributed by atoms with Gasteiger partial charge in [-0.3, -0.25) is 0 Å². The molecule has 0 heterocycles. The molecule has 29 heavy (non-hydrogen) atoms. The van der Waals surface area contributed by atoms with Crippen LogP contribution >= 0.6 is 0 Å². The maximum Gasteiger partial charge on any atom is 0.0345 e. The second-order valence-corrected chi connectivity index (χ2v) is 8.82. The van der Waals surface area contributed by atoms with E-state index < -0.39 is 0 Å². The van der Waals surface area contributed by atoms with Crippen LogP contribution < -0.4 is 5.73 Å². The molecule has 2 aromatic rings. The van der Waals surface area contributed by atoms with Crippen LogP contribution in [0.15, 0.2) is 53.3 Å². The molecular formula is C28H39N. The van der Waals surface area contributed by atoms with Crippen LogP contribution in [0.25, 0.3) is 0 Å². The van der Waals surface area contributed by atoms with Crippen molar-refractivity contribution in [2.24, 2.45) is 11.7 Å². The molecule has 0 spiro atoms. The number of allylic oxidation sites excluding steroid dienone is 4. The zero-order valence-electron chi connectivity index (χ0n) is 19.9. The summed E-state index contributed by atoms with van der Waals surface area (Å²) < 4.78 is 0. The lowest BCUT2D eigenvalue weighted by molar-refractivity contribution is 0.796. The molecule has 0 radical (unpaired) electrons. The van der Waals surface area contributed by atoms with E-state index in [9.17, 15) is 0 Å². The van der Waals surface area contributed by atoms with E-state index in [0.29, 0.717) is 5.92 Å². The molecule has 0 fully saturated rings. The number of benzene rings is 2. The van der Waals surface area contributed by atoms with Crippen LogP contribution in [0.3, 0.4) is 0 Å². The van der Waals surface area contributed by atoms with Crippen molar-refractivity contribution in [2.45, 2.75) is 74.7 Å². The minimum atomic E-state index is 0.182. The highest BCUT2D eigenvalue weighted by atomic mass is 14.6. The fourth-order valence-electron chi connectivity index (χ4n) is 4.20. The van der Waals surface area contributed by atoms with Crippen LogP contribution in [0.5, 0.6) is 0 Å². The zero-order chi connectivity index (χ0) is 21.9. The van der Waals surface area contributed by atoms with Gasteiger partial charge in [-0.05, 0) is 104 Å². The van der Waals surface area contributed by atoms with Crippen LogP contribution in [0.1, 0.15) is 79.0 Å². The molecule has 2 N–H and O–H groups in total. The van der Waals surface area contributed by atoms with E-state index in [4.69, 9.17) is 5.73 Å². The average molecular weight is 390 g/mol. The molecule has 0 saturated heterocycles. The smallest absolute Gasteiger partial charge is 0.0345 e. The minimum Gasteiger partial charge on any atom is -0.402 e. The third-order valence-electron chi connectivity index (χ3n) is 6.45. The summed E-state index contributed by atoms with van der Waals surface area (Å²) in [7, 11) is 0. The summed E-state index contributed by atoms with van der Waals surface area (Å²) in [6.07, 6.45) is 3.28. The highest BCUT2D eigenvalue weighted by Gasteiger charge is 2.26. The van der Waals surface area contributed by atoms with Gasteiger partial charge in [-0.25, -0.2) is 0 Å². The van der Waals surface area contributed by atoms with E-state index in [1.54, 1.807) is 0 Å². The highest BCUT2D eigenvalue weighted by Crippen LogP contribution is 2.41. The van der Waals surface area contributed by atoms with Crippen molar-refractivity contribution in [3.8, 4) is 0 Å². The first kappa shape index (κ1) is 23.0. The van der Waals surface area contributed by atoms with Gasteiger partial charge in [-0.2, -0.15) is 0 Å². The van der Waals surface area contributed by atoms with Crippen molar-refractivity contribution in [1.82, 2.24) is 0 Å². The zero-order valence-corrected chi connectivity index (χ0v) is 19.9. The summed E-state index contributed by atoms with van der Waals surface area (Å²) in [4.78, 5) is 0. The Kier molecular flexibility index (Phi) is 7.52. The second-order valence-electron chi connectivity index (χ2n) is 8.82. The van der Waals surface area contributed by atoms with E-state index in [2.05, 4.69) is 98.7 Å². The molecular weight excluding hydrogens is 350 g/mol. The van der Waals surface area contributed by atoms with Gasteiger partial charge in [0.25, 0.3) is 0 Å². The van der Waals surface area contributed by atoms with Gasteiger partial charge < -0.3 is 5.73 Å². The lowest BCUT2D eigenvalue weighted by atomic mass is 9.75. The quantitative estimate of drug-likeness (QED) is 0.506. The molecule has 0 aliphatic carbocycles. The Morgan fingerprint density at radius 2 is 1.52 bits per heavy atom. The highest BCUT2D eigenvalue weighted by molar-refractivity contribution is 5.56. The summed E-state index contributed by atoms with van der Waals surface area (Å²) in [5.74, 6) is 0.630. The molecule has 0 aliphatic heterocycles. The Hall–Kier alpha value is -2.28. The second kappa shape index (κ2) is 9.48. The predicted octanol–water partition coefficient (Wildman–Crippen LogP) is 7.59. The molecule has 1 nitrogen and oxygen atoms in total. The van der Waals surface area contributed by atoms with Crippen molar-refractivity contribution in [1.29, 1.82) is 0 Å². The Bertz CT molecular complexity index is 941. The average Bonchev–Trinajstić information content (AvgIpc) is 2.69. The van der Waals surface area contributed by atoms with E-state index in [-0.39, 0.29) is 5.92 Å². The fourth-order valence-corrected chi connectivity index (χ4v) is 4.20. The summed E-state index contributed by atoms with van der Waals surface area (Å²) in [5, 5.41) is 0. The Balaban J connectivity index is 2.94. The van der Waals surface area contributed by atoms with Crippen molar-refractivity contribution in [2.75, 3.05) is 0 Å². The van der Waals surface area contributed by atoms with Gasteiger partial charge in [0.15, 0.2) is 0 Å². The van der Waals surface area contributed by atoms with Gasteiger partial charge in [0, 0.05) is 11.6 Å². The van der Waals surface area contributed by atoms with Gasteiger partial charge in [0.05, 0.1) is 0 Å². The van der Waals surface area contributed by atoms with Crippen molar-refractivity contribution < 1.29 is 0 Å².